The molecule has 0 saturated heterocycles. The number of aromatic amines is 1. The van der Waals surface area contributed by atoms with E-state index in [1.54, 1.807) is 0 Å². The maximum atomic E-state index is 5.17. The number of nitrogens with one attached hydrogen (secondary N) is 1. The van der Waals surface area contributed by atoms with E-state index in [1.165, 1.54) is 0 Å². The Labute approximate surface area is 109 Å². The second kappa shape index (κ2) is 4.03. The van der Waals surface area contributed by atoms with Crippen LogP contribution in [0.2, 0.25) is 0 Å². The SMILES string of the molecule is Cc1cnn(-c2nc(=S)[nH]c3ccccc23)c1C. The third kappa shape index (κ3) is 1.64. The molecule has 0 aliphatic carbocycles. The predicted molar refractivity (Wildman–Crippen MR) is 73.5 cm³/mol. The van der Waals surface area contributed by atoms with E-state index >= 15 is 0 Å². The molecule has 0 aliphatic heterocycles. The number of benzene rings is 1. The fourth-order valence-electron chi connectivity index (χ4n) is 1.95. The molecule has 1 N–H and O–H groups in total. The highest BCUT2D eigenvalue weighted by Crippen LogP contribution is 2.20. The minimum Gasteiger partial charge on any atom is -0.330 e. The number of hydrogen-bond acceptors (Lipinski definition) is 3. The van der Waals surface area contributed by atoms with Gasteiger partial charge in [0.2, 0.25) is 0 Å². The van der Waals surface area contributed by atoms with Crippen molar-refractivity contribution in [1.29, 1.82) is 0 Å². The third-order valence-electron chi connectivity index (χ3n) is 3.07. The number of para-hydroxylation sites is 1. The molecule has 0 bridgehead atoms. The van der Waals surface area contributed by atoms with Crippen molar-refractivity contribution in [3.63, 3.8) is 0 Å². The van der Waals surface area contributed by atoms with Crippen molar-refractivity contribution in [2.24, 2.45) is 0 Å². The number of nitrogens with zero attached hydrogens (tertiary/aromatic N) is 3. The Hall–Kier alpha value is -2.01. The van der Waals surface area contributed by atoms with Crippen molar-refractivity contribution < 1.29 is 0 Å². The van der Waals surface area contributed by atoms with Gasteiger partial charge in [0.1, 0.15) is 0 Å². The van der Waals surface area contributed by atoms with Crippen LogP contribution in [0.3, 0.4) is 0 Å². The summed E-state index contributed by atoms with van der Waals surface area (Å²) >= 11 is 5.17. The summed E-state index contributed by atoms with van der Waals surface area (Å²) in [7, 11) is 0. The van der Waals surface area contributed by atoms with Gasteiger partial charge in [0.15, 0.2) is 10.6 Å². The minimum atomic E-state index is 0.469. The molecule has 0 unspecified atom stereocenters. The van der Waals surface area contributed by atoms with Gasteiger partial charge in [-0.05, 0) is 43.8 Å². The lowest BCUT2D eigenvalue weighted by Gasteiger charge is -2.07. The Morgan fingerprint density at radius 2 is 2.00 bits per heavy atom. The summed E-state index contributed by atoms with van der Waals surface area (Å²) in [6.45, 7) is 4.06. The fourth-order valence-corrected chi connectivity index (χ4v) is 2.15. The van der Waals surface area contributed by atoms with Gasteiger partial charge in [-0.2, -0.15) is 10.1 Å². The van der Waals surface area contributed by atoms with E-state index in [4.69, 9.17) is 12.2 Å². The van der Waals surface area contributed by atoms with E-state index in [0.29, 0.717) is 4.77 Å². The van der Waals surface area contributed by atoms with Crippen molar-refractivity contribution >= 4 is 23.1 Å². The molecule has 2 heterocycles. The monoisotopic (exact) mass is 256 g/mol. The van der Waals surface area contributed by atoms with Crippen LogP contribution in [0.15, 0.2) is 30.5 Å². The Balaban J connectivity index is 2.42. The summed E-state index contributed by atoms with van der Waals surface area (Å²) in [4.78, 5) is 7.49. The number of hydrogen-bond donors (Lipinski definition) is 1. The minimum absolute atomic E-state index is 0.469. The van der Waals surface area contributed by atoms with Crippen molar-refractivity contribution in [3.8, 4) is 5.82 Å². The van der Waals surface area contributed by atoms with Gasteiger partial charge in [-0.15, -0.1) is 0 Å². The van der Waals surface area contributed by atoms with Crippen LogP contribution in [0.1, 0.15) is 11.3 Å². The van der Waals surface area contributed by atoms with Crippen LogP contribution in [-0.2, 0) is 0 Å². The highest BCUT2D eigenvalue weighted by atomic mass is 32.1. The summed E-state index contributed by atoms with van der Waals surface area (Å²) in [5.74, 6) is 0.778. The topological polar surface area (TPSA) is 46.5 Å². The van der Waals surface area contributed by atoms with E-state index in [-0.39, 0.29) is 0 Å². The predicted octanol–water partition coefficient (Wildman–Crippen LogP) is 3.09. The molecule has 5 heteroatoms. The van der Waals surface area contributed by atoms with Crippen LogP contribution in [0.5, 0.6) is 0 Å². The van der Waals surface area contributed by atoms with E-state index in [9.17, 15) is 0 Å². The van der Waals surface area contributed by atoms with Gasteiger partial charge >= 0.3 is 0 Å². The Bertz CT molecular complexity index is 785. The zero-order valence-corrected chi connectivity index (χ0v) is 11.0. The standard InChI is InChI=1S/C13H12N4S/c1-8-7-14-17(9(8)2)12-10-5-3-4-6-11(10)15-13(18)16-12/h3-7H,1-2H3,(H,15,16,18). The number of rotatable bonds is 1. The first kappa shape index (κ1) is 11.1. The van der Waals surface area contributed by atoms with E-state index in [0.717, 1.165) is 28.0 Å². The number of fused-ring (bicyclic) bond motifs is 1. The summed E-state index contributed by atoms with van der Waals surface area (Å²) in [5.41, 5.74) is 3.19. The summed E-state index contributed by atoms with van der Waals surface area (Å²) in [6, 6.07) is 7.95. The van der Waals surface area contributed by atoms with Gasteiger partial charge in [0.25, 0.3) is 0 Å². The normalized spacial score (nSPS) is 11.0. The molecule has 18 heavy (non-hydrogen) atoms. The molecular weight excluding hydrogens is 244 g/mol. The van der Waals surface area contributed by atoms with Crippen molar-refractivity contribution in [2.45, 2.75) is 13.8 Å². The van der Waals surface area contributed by atoms with Gasteiger partial charge in [0, 0.05) is 11.1 Å². The molecule has 0 saturated carbocycles. The lowest BCUT2D eigenvalue weighted by Crippen LogP contribution is -2.04. The highest BCUT2D eigenvalue weighted by molar-refractivity contribution is 7.71. The second-order valence-corrected chi connectivity index (χ2v) is 4.62. The average molecular weight is 256 g/mol. The van der Waals surface area contributed by atoms with Gasteiger partial charge in [0.05, 0.1) is 11.7 Å². The number of aryl methyl sites for hydroxylation is 1. The van der Waals surface area contributed by atoms with Gasteiger partial charge < -0.3 is 4.98 Å². The molecule has 1 aromatic carbocycles. The number of aromatic nitrogens is 4. The summed E-state index contributed by atoms with van der Waals surface area (Å²) in [5, 5.41) is 5.38. The van der Waals surface area contributed by atoms with E-state index < -0.39 is 0 Å². The molecule has 3 rings (SSSR count). The molecule has 0 fully saturated rings. The highest BCUT2D eigenvalue weighted by Gasteiger charge is 2.10. The van der Waals surface area contributed by atoms with Crippen molar-refractivity contribution in [3.05, 3.63) is 46.5 Å². The lowest BCUT2D eigenvalue weighted by molar-refractivity contribution is 0.818. The maximum absolute atomic E-state index is 5.17. The van der Waals surface area contributed by atoms with Crippen LogP contribution >= 0.6 is 12.2 Å². The fraction of sp³-hybridized carbons (Fsp3) is 0.154. The van der Waals surface area contributed by atoms with Crippen LogP contribution < -0.4 is 0 Å². The summed E-state index contributed by atoms with van der Waals surface area (Å²) in [6.07, 6.45) is 1.84. The lowest BCUT2D eigenvalue weighted by atomic mass is 10.2. The maximum Gasteiger partial charge on any atom is 0.199 e. The Kier molecular flexibility index (Phi) is 2.48. The molecule has 0 amide bonds. The van der Waals surface area contributed by atoms with Crippen LogP contribution in [-0.4, -0.2) is 19.7 Å². The van der Waals surface area contributed by atoms with Crippen molar-refractivity contribution in [2.75, 3.05) is 0 Å². The van der Waals surface area contributed by atoms with Gasteiger partial charge in [-0.3, -0.25) is 0 Å². The molecular formula is C13H12N4S. The summed E-state index contributed by atoms with van der Waals surface area (Å²) < 4.78 is 2.30. The first-order chi connectivity index (χ1) is 8.66. The van der Waals surface area contributed by atoms with Crippen LogP contribution in [0.4, 0.5) is 0 Å². The molecule has 4 nitrogen and oxygen atoms in total. The number of H-pyrrole nitrogens is 1. The molecule has 0 radical (unpaired) electrons. The quantitative estimate of drug-likeness (QED) is 0.680. The first-order valence-electron chi connectivity index (χ1n) is 5.67. The van der Waals surface area contributed by atoms with E-state index in [1.807, 2.05) is 49.0 Å². The Morgan fingerprint density at radius 3 is 2.72 bits per heavy atom. The smallest absolute Gasteiger partial charge is 0.199 e. The largest absolute Gasteiger partial charge is 0.330 e. The first-order valence-corrected chi connectivity index (χ1v) is 6.08. The third-order valence-corrected chi connectivity index (χ3v) is 3.27. The van der Waals surface area contributed by atoms with Gasteiger partial charge in [-0.25, -0.2) is 4.68 Å². The zero-order chi connectivity index (χ0) is 12.7. The zero-order valence-electron chi connectivity index (χ0n) is 10.1. The molecule has 2 aromatic heterocycles. The van der Waals surface area contributed by atoms with Gasteiger partial charge in [-0.1, -0.05) is 12.1 Å². The molecule has 90 valence electrons. The van der Waals surface area contributed by atoms with Crippen LogP contribution in [0, 0.1) is 18.6 Å². The molecule has 3 aromatic rings. The molecule has 0 aliphatic rings. The van der Waals surface area contributed by atoms with E-state index in [2.05, 4.69) is 15.1 Å². The molecule has 0 spiro atoms. The molecule has 0 atom stereocenters. The Morgan fingerprint density at radius 1 is 1.22 bits per heavy atom. The van der Waals surface area contributed by atoms with Crippen molar-refractivity contribution in [1.82, 2.24) is 19.7 Å². The second-order valence-electron chi connectivity index (χ2n) is 4.24. The average Bonchev–Trinajstić information content (AvgIpc) is 2.69. The van der Waals surface area contributed by atoms with Crippen LogP contribution in [0.25, 0.3) is 16.7 Å².